The lowest BCUT2D eigenvalue weighted by Crippen LogP contribution is -2.30. The Kier molecular flexibility index (Phi) is 8.94. The minimum absolute atomic E-state index is 0.117. The fraction of sp³-hybridized carbons (Fsp3) is 0.194. The van der Waals surface area contributed by atoms with Crippen LogP contribution in [0.4, 0.5) is 11.4 Å². The van der Waals surface area contributed by atoms with E-state index in [0.29, 0.717) is 28.1 Å². The smallest absolute Gasteiger partial charge is 0.264 e. The normalized spacial score (nSPS) is 11.3. The maximum absolute atomic E-state index is 13.7. The molecule has 0 bridgehead atoms. The number of benzene rings is 4. The largest absolute Gasteiger partial charge is 0.484 e. The van der Waals surface area contributed by atoms with Crippen LogP contribution >= 0.6 is 11.6 Å². The summed E-state index contributed by atoms with van der Waals surface area (Å²) in [5.74, 6) is 0.570. The van der Waals surface area contributed by atoms with Gasteiger partial charge in [0.1, 0.15) is 5.75 Å². The van der Waals surface area contributed by atoms with Gasteiger partial charge < -0.3 is 10.1 Å². The molecule has 0 radical (unpaired) electrons. The molecule has 4 aromatic rings. The highest BCUT2D eigenvalue weighted by molar-refractivity contribution is 7.92. The van der Waals surface area contributed by atoms with Gasteiger partial charge >= 0.3 is 0 Å². The molecule has 0 saturated carbocycles. The highest BCUT2D eigenvalue weighted by Gasteiger charge is 2.25. The van der Waals surface area contributed by atoms with Gasteiger partial charge in [0.15, 0.2) is 6.61 Å². The SMILES string of the molecule is Cc1ccc(S(=O)(=O)N(Cc2ccc(Cl)cc2)c2ccc(OCC(=O)Nc3ccc(C(C)C)cc3)cc2)cc1. The molecule has 0 heterocycles. The second-order valence-corrected chi connectivity index (χ2v) is 11.9. The molecule has 0 unspecified atom stereocenters. The summed E-state index contributed by atoms with van der Waals surface area (Å²) in [6.45, 7) is 6.07. The zero-order valence-corrected chi connectivity index (χ0v) is 23.7. The third kappa shape index (κ3) is 7.40. The van der Waals surface area contributed by atoms with Gasteiger partial charge in [-0.05, 0) is 84.6 Å². The summed E-state index contributed by atoms with van der Waals surface area (Å²) in [6.07, 6.45) is 0. The quantitative estimate of drug-likeness (QED) is 0.222. The Balaban J connectivity index is 1.48. The fourth-order valence-electron chi connectivity index (χ4n) is 3.91. The minimum Gasteiger partial charge on any atom is -0.484 e. The van der Waals surface area contributed by atoms with Crippen LogP contribution in [0.3, 0.4) is 0 Å². The number of halogens is 1. The number of carbonyl (C=O) groups is 1. The summed E-state index contributed by atoms with van der Waals surface area (Å²) in [7, 11) is -3.87. The second kappa shape index (κ2) is 12.4. The van der Waals surface area contributed by atoms with E-state index in [0.717, 1.165) is 11.1 Å². The average Bonchev–Trinajstić information content (AvgIpc) is 2.92. The van der Waals surface area contributed by atoms with Crippen LogP contribution < -0.4 is 14.4 Å². The lowest BCUT2D eigenvalue weighted by Gasteiger charge is -2.25. The van der Waals surface area contributed by atoms with E-state index in [1.807, 2.05) is 31.2 Å². The van der Waals surface area contributed by atoms with Crippen molar-refractivity contribution < 1.29 is 17.9 Å². The predicted molar refractivity (Wildman–Crippen MR) is 157 cm³/mol. The van der Waals surface area contributed by atoms with E-state index in [-0.39, 0.29) is 24.0 Å². The lowest BCUT2D eigenvalue weighted by atomic mass is 10.0. The first-order valence-electron chi connectivity index (χ1n) is 12.6. The molecule has 1 amide bonds. The number of nitrogens with zero attached hydrogens (tertiary/aromatic N) is 1. The highest BCUT2D eigenvalue weighted by atomic mass is 35.5. The first kappa shape index (κ1) is 28.2. The Bertz CT molecular complexity index is 1500. The van der Waals surface area contributed by atoms with E-state index >= 15 is 0 Å². The molecule has 0 fully saturated rings. The summed E-state index contributed by atoms with van der Waals surface area (Å²) in [5, 5.41) is 3.39. The Morgan fingerprint density at radius 2 is 1.49 bits per heavy atom. The fourth-order valence-corrected chi connectivity index (χ4v) is 5.49. The van der Waals surface area contributed by atoms with Crippen LogP contribution in [0.1, 0.15) is 36.5 Å². The van der Waals surface area contributed by atoms with Crippen LogP contribution in [-0.2, 0) is 21.4 Å². The van der Waals surface area contributed by atoms with Gasteiger partial charge in [-0.25, -0.2) is 8.42 Å². The summed E-state index contributed by atoms with van der Waals surface area (Å²) < 4.78 is 34.3. The van der Waals surface area contributed by atoms with Crippen molar-refractivity contribution in [3.8, 4) is 5.75 Å². The first-order chi connectivity index (χ1) is 18.6. The Hall–Kier alpha value is -3.81. The number of sulfonamides is 1. The maximum Gasteiger partial charge on any atom is 0.264 e. The summed E-state index contributed by atoms with van der Waals surface area (Å²) in [4.78, 5) is 12.6. The van der Waals surface area contributed by atoms with Crippen LogP contribution in [0.5, 0.6) is 5.75 Å². The van der Waals surface area contributed by atoms with Gasteiger partial charge in [-0.1, -0.05) is 67.4 Å². The molecular weight excluding hydrogens is 532 g/mol. The molecule has 0 spiro atoms. The number of amides is 1. The Morgan fingerprint density at radius 1 is 0.872 bits per heavy atom. The number of hydrogen-bond donors (Lipinski definition) is 1. The number of carbonyl (C=O) groups excluding carboxylic acids is 1. The van der Waals surface area contributed by atoms with E-state index in [4.69, 9.17) is 16.3 Å². The molecule has 39 heavy (non-hydrogen) atoms. The van der Waals surface area contributed by atoms with E-state index in [9.17, 15) is 13.2 Å². The topological polar surface area (TPSA) is 75.7 Å². The minimum atomic E-state index is -3.87. The van der Waals surface area contributed by atoms with Crippen LogP contribution in [-0.4, -0.2) is 20.9 Å². The molecule has 4 aromatic carbocycles. The molecular formula is C31H31ClN2O4S. The van der Waals surface area contributed by atoms with Crippen molar-refractivity contribution in [1.29, 1.82) is 0 Å². The molecule has 4 rings (SSSR count). The molecule has 0 aliphatic rings. The molecule has 0 saturated heterocycles. The number of rotatable bonds is 10. The van der Waals surface area contributed by atoms with Crippen molar-refractivity contribution in [3.63, 3.8) is 0 Å². The molecule has 0 atom stereocenters. The maximum atomic E-state index is 13.7. The highest BCUT2D eigenvalue weighted by Crippen LogP contribution is 2.28. The molecule has 0 aromatic heterocycles. The van der Waals surface area contributed by atoms with E-state index in [1.165, 1.54) is 9.87 Å². The third-order valence-electron chi connectivity index (χ3n) is 6.20. The van der Waals surface area contributed by atoms with E-state index in [1.54, 1.807) is 72.8 Å². The van der Waals surface area contributed by atoms with Gasteiger partial charge in [0, 0.05) is 10.7 Å². The van der Waals surface area contributed by atoms with Gasteiger partial charge in [0.05, 0.1) is 17.1 Å². The molecule has 0 aliphatic heterocycles. The molecule has 1 N–H and O–H groups in total. The van der Waals surface area contributed by atoms with Gasteiger partial charge in [-0.3, -0.25) is 9.10 Å². The molecule has 6 nitrogen and oxygen atoms in total. The van der Waals surface area contributed by atoms with Gasteiger partial charge in [-0.15, -0.1) is 0 Å². The molecule has 8 heteroatoms. The van der Waals surface area contributed by atoms with Crippen molar-refractivity contribution in [2.24, 2.45) is 0 Å². The van der Waals surface area contributed by atoms with Crippen molar-refractivity contribution in [1.82, 2.24) is 0 Å². The van der Waals surface area contributed by atoms with Crippen molar-refractivity contribution >= 4 is 38.9 Å². The third-order valence-corrected chi connectivity index (χ3v) is 8.24. The van der Waals surface area contributed by atoms with Crippen molar-refractivity contribution in [2.75, 3.05) is 16.2 Å². The molecule has 0 aliphatic carbocycles. The van der Waals surface area contributed by atoms with E-state index < -0.39 is 10.0 Å². The summed E-state index contributed by atoms with van der Waals surface area (Å²) >= 11 is 6.02. The number of anilines is 2. The number of nitrogens with one attached hydrogen (secondary N) is 1. The summed E-state index contributed by atoms with van der Waals surface area (Å²) in [5.41, 5.74) is 4.11. The Labute approximate surface area is 235 Å². The predicted octanol–water partition coefficient (Wildman–Crippen LogP) is 7.18. The summed E-state index contributed by atoms with van der Waals surface area (Å²) in [6, 6.07) is 28.2. The number of aryl methyl sites for hydroxylation is 1. The zero-order chi connectivity index (χ0) is 28.0. The standard InChI is InChI=1S/C31H31ClN2O4S/c1-22(2)25-8-12-27(13-9-25)33-31(35)21-38-29-16-14-28(15-17-29)34(20-24-6-10-26(32)11-7-24)39(36,37)30-18-4-23(3)5-19-30/h4-19,22H,20-21H2,1-3H3,(H,33,35). The second-order valence-electron chi connectivity index (χ2n) is 9.56. The Morgan fingerprint density at radius 3 is 2.08 bits per heavy atom. The zero-order valence-electron chi connectivity index (χ0n) is 22.1. The molecule has 202 valence electrons. The van der Waals surface area contributed by atoms with Crippen molar-refractivity contribution in [3.05, 3.63) is 119 Å². The lowest BCUT2D eigenvalue weighted by molar-refractivity contribution is -0.118. The van der Waals surface area contributed by atoms with Crippen LogP contribution in [0.15, 0.2) is 102 Å². The van der Waals surface area contributed by atoms with Crippen molar-refractivity contribution in [2.45, 2.75) is 38.1 Å². The van der Waals surface area contributed by atoms with Crippen LogP contribution in [0, 0.1) is 6.92 Å². The number of hydrogen-bond acceptors (Lipinski definition) is 4. The first-order valence-corrected chi connectivity index (χ1v) is 14.4. The van der Waals surface area contributed by atoms with Gasteiger partial charge in [-0.2, -0.15) is 0 Å². The van der Waals surface area contributed by atoms with Gasteiger partial charge in [0.25, 0.3) is 15.9 Å². The van der Waals surface area contributed by atoms with Crippen LogP contribution in [0.25, 0.3) is 0 Å². The number of ether oxygens (including phenoxy) is 1. The average molecular weight is 563 g/mol. The van der Waals surface area contributed by atoms with Gasteiger partial charge in [0.2, 0.25) is 0 Å². The van der Waals surface area contributed by atoms with E-state index in [2.05, 4.69) is 19.2 Å². The monoisotopic (exact) mass is 562 g/mol. The van der Waals surface area contributed by atoms with Crippen LogP contribution in [0.2, 0.25) is 5.02 Å².